The van der Waals surface area contributed by atoms with Crippen molar-refractivity contribution in [1.82, 2.24) is 5.43 Å². The maximum absolute atomic E-state index is 11.9. The van der Waals surface area contributed by atoms with Gasteiger partial charge in [0.15, 0.2) is 0 Å². The molecular weight excluding hydrogens is 379 g/mol. The second kappa shape index (κ2) is 8.12. The van der Waals surface area contributed by atoms with E-state index in [1.807, 2.05) is 0 Å². The van der Waals surface area contributed by atoms with Gasteiger partial charge in [0.2, 0.25) is 0 Å². The topological polar surface area (TPSA) is 77.0 Å². The van der Waals surface area contributed by atoms with E-state index >= 15 is 0 Å². The van der Waals surface area contributed by atoms with Crippen LogP contribution in [-0.4, -0.2) is 12.1 Å². The highest BCUT2D eigenvalue weighted by Crippen LogP contribution is 2.26. The number of hydrazone groups is 1. The monoisotopic (exact) mass is 392 g/mol. The van der Waals surface area contributed by atoms with E-state index in [0.29, 0.717) is 38.6 Å². The van der Waals surface area contributed by atoms with Gasteiger partial charge in [0.05, 0.1) is 28.1 Å². The van der Waals surface area contributed by atoms with Crippen LogP contribution in [0.15, 0.2) is 56.6 Å². The van der Waals surface area contributed by atoms with Crippen LogP contribution in [0.3, 0.4) is 0 Å². The van der Waals surface area contributed by atoms with Crippen LogP contribution in [0.5, 0.6) is 5.75 Å². The van der Waals surface area contributed by atoms with Gasteiger partial charge in [-0.2, -0.15) is 5.10 Å². The molecule has 3 aromatic rings. The van der Waals surface area contributed by atoms with Gasteiger partial charge in [0.1, 0.15) is 29.6 Å². The first-order chi connectivity index (χ1) is 12.5. The number of ether oxygens (including phenoxy) is 1. The molecule has 0 saturated heterocycles. The molecule has 6 nitrogen and oxygen atoms in total. The lowest BCUT2D eigenvalue weighted by Crippen LogP contribution is -2.17. The van der Waals surface area contributed by atoms with Crippen molar-refractivity contribution in [2.24, 2.45) is 5.10 Å². The molecule has 2 aromatic heterocycles. The molecule has 1 aromatic carbocycles. The fourth-order valence-electron chi connectivity index (χ4n) is 2.10. The second-order valence-corrected chi connectivity index (χ2v) is 6.07. The number of hydrogen-bond acceptors (Lipinski definition) is 5. The van der Waals surface area contributed by atoms with Crippen LogP contribution >= 0.6 is 23.2 Å². The highest BCUT2D eigenvalue weighted by atomic mass is 35.5. The maximum atomic E-state index is 11.9. The molecule has 2 heterocycles. The minimum Gasteiger partial charge on any atom is -0.486 e. The molecule has 0 radical (unpaired) electrons. The minimum absolute atomic E-state index is 0.215. The van der Waals surface area contributed by atoms with Gasteiger partial charge in [-0.05, 0) is 37.3 Å². The normalized spacial score (nSPS) is 11.0. The fourth-order valence-corrected chi connectivity index (χ4v) is 2.39. The molecule has 8 heteroatoms. The van der Waals surface area contributed by atoms with E-state index < -0.39 is 0 Å². The van der Waals surface area contributed by atoms with E-state index in [1.165, 1.54) is 12.5 Å². The molecule has 0 aliphatic carbocycles. The van der Waals surface area contributed by atoms with Crippen LogP contribution < -0.4 is 10.2 Å². The van der Waals surface area contributed by atoms with Gasteiger partial charge in [-0.1, -0.05) is 23.2 Å². The van der Waals surface area contributed by atoms with E-state index in [2.05, 4.69) is 10.5 Å². The third-order valence-electron chi connectivity index (χ3n) is 3.42. The van der Waals surface area contributed by atoms with Crippen molar-refractivity contribution < 1.29 is 18.4 Å². The number of carbonyl (C=O) groups excluding carboxylic acids is 1. The smallest absolute Gasteiger partial charge is 0.274 e. The van der Waals surface area contributed by atoms with Crippen molar-refractivity contribution in [2.75, 3.05) is 0 Å². The predicted octanol–water partition coefficient (Wildman–Crippen LogP) is 4.83. The zero-order chi connectivity index (χ0) is 18.5. The fraction of sp³-hybridized carbons (Fsp3) is 0.111. The lowest BCUT2D eigenvalue weighted by molar-refractivity contribution is 0.0953. The molecule has 26 heavy (non-hydrogen) atoms. The van der Waals surface area contributed by atoms with Crippen molar-refractivity contribution in [2.45, 2.75) is 13.5 Å². The third kappa shape index (κ3) is 4.47. The molecule has 1 amide bonds. The van der Waals surface area contributed by atoms with Crippen molar-refractivity contribution in [3.8, 4) is 5.75 Å². The van der Waals surface area contributed by atoms with Crippen molar-refractivity contribution in [3.63, 3.8) is 0 Å². The zero-order valence-corrected chi connectivity index (χ0v) is 15.2. The number of hydrogen-bond donors (Lipinski definition) is 1. The van der Waals surface area contributed by atoms with E-state index in [0.717, 1.165) is 0 Å². The van der Waals surface area contributed by atoms with E-state index in [9.17, 15) is 4.79 Å². The van der Waals surface area contributed by atoms with Gasteiger partial charge < -0.3 is 13.6 Å². The number of carbonyl (C=O) groups is 1. The Labute approximate surface area is 159 Å². The summed E-state index contributed by atoms with van der Waals surface area (Å²) in [7, 11) is 0. The van der Waals surface area contributed by atoms with Crippen LogP contribution in [0.4, 0.5) is 0 Å². The summed E-state index contributed by atoms with van der Waals surface area (Å²) in [4.78, 5) is 11.9. The minimum atomic E-state index is -0.359. The molecule has 0 spiro atoms. The Morgan fingerprint density at radius 3 is 2.81 bits per heavy atom. The summed E-state index contributed by atoms with van der Waals surface area (Å²) < 4.78 is 16.2. The Morgan fingerprint density at radius 2 is 2.08 bits per heavy atom. The number of aryl methyl sites for hydroxylation is 1. The molecule has 0 bridgehead atoms. The van der Waals surface area contributed by atoms with Crippen LogP contribution in [0.25, 0.3) is 0 Å². The van der Waals surface area contributed by atoms with Crippen LogP contribution in [0, 0.1) is 6.92 Å². The number of amides is 1. The molecule has 0 saturated carbocycles. The van der Waals surface area contributed by atoms with Gasteiger partial charge in [0, 0.05) is 6.07 Å². The van der Waals surface area contributed by atoms with Crippen molar-refractivity contribution >= 4 is 35.3 Å². The summed E-state index contributed by atoms with van der Waals surface area (Å²) >= 11 is 11.8. The molecule has 0 fully saturated rings. The highest BCUT2D eigenvalue weighted by molar-refractivity contribution is 6.42. The molecular formula is C18H14Cl2N2O4. The largest absolute Gasteiger partial charge is 0.486 e. The molecule has 0 aliphatic heterocycles. The summed E-state index contributed by atoms with van der Waals surface area (Å²) in [5.41, 5.74) is 2.83. The first-order valence-corrected chi connectivity index (χ1v) is 8.32. The van der Waals surface area contributed by atoms with E-state index in [-0.39, 0.29) is 12.5 Å². The quantitative estimate of drug-likeness (QED) is 0.481. The van der Waals surface area contributed by atoms with Crippen LogP contribution in [-0.2, 0) is 6.61 Å². The summed E-state index contributed by atoms with van der Waals surface area (Å²) in [6.45, 7) is 1.91. The predicted molar refractivity (Wildman–Crippen MR) is 98.0 cm³/mol. The van der Waals surface area contributed by atoms with Gasteiger partial charge >= 0.3 is 0 Å². The Morgan fingerprint density at radius 1 is 1.23 bits per heavy atom. The third-order valence-corrected chi connectivity index (χ3v) is 4.15. The zero-order valence-electron chi connectivity index (χ0n) is 13.7. The highest BCUT2D eigenvalue weighted by Gasteiger charge is 2.10. The number of halogens is 2. The Bertz CT molecular complexity index is 946. The number of nitrogens with one attached hydrogen (secondary N) is 1. The molecule has 134 valence electrons. The average Bonchev–Trinajstić information content (AvgIpc) is 3.25. The van der Waals surface area contributed by atoms with Crippen molar-refractivity contribution in [1.29, 1.82) is 0 Å². The Balaban J connectivity index is 1.53. The van der Waals surface area contributed by atoms with Gasteiger partial charge in [-0.15, -0.1) is 0 Å². The molecule has 0 unspecified atom stereocenters. The number of furan rings is 2. The lowest BCUT2D eigenvalue weighted by atomic mass is 10.2. The Kier molecular flexibility index (Phi) is 5.65. The number of nitrogens with zero attached hydrogens (tertiary/aromatic N) is 1. The molecule has 0 atom stereocenters. The molecule has 1 N–H and O–H groups in total. The van der Waals surface area contributed by atoms with Gasteiger partial charge in [-0.3, -0.25) is 4.79 Å². The second-order valence-electron chi connectivity index (χ2n) is 5.26. The van der Waals surface area contributed by atoms with Gasteiger partial charge in [-0.25, -0.2) is 5.43 Å². The summed E-state index contributed by atoms with van der Waals surface area (Å²) in [5, 5.41) is 4.74. The SMILES string of the molecule is Cc1occc1C(=O)N/N=C/c1ccc(COc2ccc(Cl)c(Cl)c2)o1. The average molecular weight is 393 g/mol. The molecule has 3 rings (SSSR count). The lowest BCUT2D eigenvalue weighted by Gasteiger charge is -2.05. The van der Waals surface area contributed by atoms with Gasteiger partial charge in [0.25, 0.3) is 5.91 Å². The number of benzene rings is 1. The summed E-state index contributed by atoms with van der Waals surface area (Å²) in [6.07, 6.45) is 2.84. The standard InChI is InChI=1S/C18H14Cl2N2O4/c1-11-15(6-7-24-11)18(23)22-21-9-13-2-3-14(26-13)10-25-12-4-5-16(19)17(20)8-12/h2-9H,10H2,1H3,(H,22,23)/b21-9+. The Hall–Kier alpha value is -2.70. The summed E-state index contributed by atoms with van der Waals surface area (Å²) in [6, 6.07) is 10.0. The van der Waals surface area contributed by atoms with Crippen LogP contribution in [0.1, 0.15) is 27.6 Å². The van der Waals surface area contributed by atoms with Crippen molar-refractivity contribution in [3.05, 3.63) is 75.6 Å². The van der Waals surface area contributed by atoms with E-state index in [1.54, 1.807) is 43.3 Å². The van der Waals surface area contributed by atoms with Crippen LogP contribution in [0.2, 0.25) is 10.0 Å². The first-order valence-electron chi connectivity index (χ1n) is 7.57. The van der Waals surface area contributed by atoms with E-state index in [4.69, 9.17) is 36.8 Å². The number of rotatable bonds is 6. The molecule has 0 aliphatic rings. The first kappa shape index (κ1) is 18.1. The maximum Gasteiger partial charge on any atom is 0.274 e. The summed E-state index contributed by atoms with van der Waals surface area (Å²) in [5.74, 6) is 1.81.